The third-order valence-corrected chi connectivity index (χ3v) is 6.18. The van der Waals surface area contributed by atoms with Gasteiger partial charge in [0.15, 0.2) is 16.3 Å². The first-order chi connectivity index (χ1) is 14.0. The number of hydrogen-bond donors (Lipinski definition) is 1. The molecule has 8 nitrogen and oxygen atoms in total. The van der Waals surface area contributed by atoms with E-state index in [0.29, 0.717) is 24.1 Å². The van der Waals surface area contributed by atoms with Crippen molar-refractivity contribution in [2.75, 3.05) is 5.75 Å². The van der Waals surface area contributed by atoms with Crippen molar-refractivity contribution in [3.8, 4) is 11.3 Å². The molecule has 10 heteroatoms. The molecular formula is C19H19BrN6O2S. The van der Waals surface area contributed by atoms with Crippen molar-refractivity contribution in [1.82, 2.24) is 28.7 Å². The van der Waals surface area contributed by atoms with E-state index in [4.69, 9.17) is 0 Å². The van der Waals surface area contributed by atoms with Gasteiger partial charge in [0.2, 0.25) is 0 Å². The summed E-state index contributed by atoms with van der Waals surface area (Å²) in [6.45, 7) is 0.347. The molecule has 0 bridgehead atoms. The second-order valence-corrected chi connectivity index (χ2v) is 8.64. The number of nitrogens with zero attached hydrogens (tertiary/aromatic N) is 5. The minimum atomic E-state index is -0.346. The molecule has 0 aliphatic carbocycles. The SMILES string of the molecule is Cn1cnc2c1c(=O)n(CCCSc1ncc(-c3ccc(Br)cc3)[nH]1)c(=O)n2C. The Balaban J connectivity index is 1.43. The van der Waals surface area contributed by atoms with E-state index in [1.54, 1.807) is 36.8 Å². The molecule has 4 rings (SSSR count). The summed E-state index contributed by atoms with van der Waals surface area (Å²) in [5, 5.41) is 0.810. The smallest absolute Gasteiger partial charge is 0.332 e. The van der Waals surface area contributed by atoms with Gasteiger partial charge in [-0.15, -0.1) is 0 Å². The molecule has 3 aromatic heterocycles. The highest BCUT2D eigenvalue weighted by Crippen LogP contribution is 2.23. The van der Waals surface area contributed by atoms with Crippen LogP contribution < -0.4 is 11.2 Å². The first kappa shape index (κ1) is 19.7. The number of fused-ring (bicyclic) bond motifs is 1. The third-order valence-electron chi connectivity index (χ3n) is 4.67. The van der Waals surface area contributed by atoms with E-state index in [2.05, 4.69) is 30.9 Å². The van der Waals surface area contributed by atoms with Crippen molar-refractivity contribution in [3.63, 3.8) is 0 Å². The second-order valence-electron chi connectivity index (χ2n) is 6.64. The first-order valence-corrected chi connectivity index (χ1v) is 10.8. The van der Waals surface area contributed by atoms with E-state index in [1.807, 2.05) is 30.5 Å². The zero-order chi connectivity index (χ0) is 20.5. The quantitative estimate of drug-likeness (QED) is 0.342. The number of benzene rings is 1. The Morgan fingerprint density at radius 1 is 1.14 bits per heavy atom. The number of aromatic amines is 1. The molecule has 0 saturated heterocycles. The van der Waals surface area contributed by atoms with Crippen LogP contribution in [0, 0.1) is 0 Å². The van der Waals surface area contributed by atoms with Gasteiger partial charge in [-0.25, -0.2) is 14.8 Å². The van der Waals surface area contributed by atoms with Gasteiger partial charge in [0.1, 0.15) is 0 Å². The van der Waals surface area contributed by atoms with Gasteiger partial charge in [0.05, 0.1) is 18.2 Å². The summed E-state index contributed by atoms with van der Waals surface area (Å²) in [5.41, 5.74) is 2.21. The lowest BCUT2D eigenvalue weighted by Crippen LogP contribution is -2.39. The molecule has 0 aliphatic heterocycles. The van der Waals surface area contributed by atoms with Gasteiger partial charge in [0.25, 0.3) is 5.56 Å². The summed E-state index contributed by atoms with van der Waals surface area (Å²) in [7, 11) is 3.39. The number of H-pyrrole nitrogens is 1. The number of imidazole rings is 2. The maximum Gasteiger partial charge on any atom is 0.332 e. The molecule has 0 aliphatic rings. The first-order valence-electron chi connectivity index (χ1n) is 9.00. The standard InChI is InChI=1S/C19H19BrN6O2S/c1-24-11-22-16-15(24)17(27)26(19(28)25(16)2)8-3-9-29-18-21-10-14(23-18)12-4-6-13(20)7-5-12/h4-7,10-11H,3,8-9H2,1-2H3,(H,21,23). The number of hydrogen-bond acceptors (Lipinski definition) is 5. The van der Waals surface area contributed by atoms with Crippen LogP contribution >= 0.6 is 27.7 Å². The Kier molecular flexibility index (Phi) is 5.46. The molecule has 1 aromatic carbocycles. The molecule has 29 heavy (non-hydrogen) atoms. The van der Waals surface area contributed by atoms with E-state index in [1.165, 1.54) is 9.13 Å². The van der Waals surface area contributed by atoms with Crippen LogP contribution in [0.1, 0.15) is 6.42 Å². The topological polar surface area (TPSA) is 90.5 Å². The maximum atomic E-state index is 12.7. The Hall–Kier alpha value is -2.59. The molecule has 0 spiro atoms. The summed E-state index contributed by atoms with van der Waals surface area (Å²) in [6, 6.07) is 8.01. The minimum Gasteiger partial charge on any atom is -0.333 e. The van der Waals surface area contributed by atoms with Crippen LogP contribution in [0.5, 0.6) is 0 Å². The molecule has 1 N–H and O–H groups in total. The van der Waals surface area contributed by atoms with Gasteiger partial charge in [-0.3, -0.25) is 13.9 Å². The summed E-state index contributed by atoms with van der Waals surface area (Å²) < 4.78 is 5.37. The van der Waals surface area contributed by atoms with Crippen molar-refractivity contribution >= 4 is 38.9 Å². The molecule has 0 atom stereocenters. The van der Waals surface area contributed by atoms with E-state index in [0.717, 1.165) is 26.6 Å². The zero-order valence-electron chi connectivity index (χ0n) is 15.9. The van der Waals surface area contributed by atoms with Crippen LogP contribution in [0.2, 0.25) is 0 Å². The zero-order valence-corrected chi connectivity index (χ0v) is 18.3. The predicted molar refractivity (Wildman–Crippen MR) is 117 cm³/mol. The number of aryl methyl sites for hydroxylation is 2. The summed E-state index contributed by atoms with van der Waals surface area (Å²) >= 11 is 5.00. The van der Waals surface area contributed by atoms with Crippen LogP contribution in [0.3, 0.4) is 0 Å². The summed E-state index contributed by atoms with van der Waals surface area (Å²) in [4.78, 5) is 37.0. The molecule has 0 radical (unpaired) electrons. The summed E-state index contributed by atoms with van der Waals surface area (Å²) in [6.07, 6.45) is 4.02. The molecule has 4 aromatic rings. The van der Waals surface area contributed by atoms with Gasteiger partial charge < -0.3 is 9.55 Å². The average molecular weight is 475 g/mol. The fourth-order valence-corrected chi connectivity index (χ4v) is 4.18. The Bertz CT molecular complexity index is 1290. The van der Waals surface area contributed by atoms with Crippen molar-refractivity contribution in [1.29, 1.82) is 0 Å². The van der Waals surface area contributed by atoms with Gasteiger partial charge in [-0.2, -0.15) is 0 Å². The molecule has 0 amide bonds. The highest BCUT2D eigenvalue weighted by Gasteiger charge is 2.14. The molecule has 0 unspecified atom stereocenters. The number of thioether (sulfide) groups is 1. The maximum absolute atomic E-state index is 12.7. The highest BCUT2D eigenvalue weighted by atomic mass is 79.9. The van der Waals surface area contributed by atoms with E-state index >= 15 is 0 Å². The second kappa shape index (κ2) is 8.03. The van der Waals surface area contributed by atoms with Crippen molar-refractivity contribution in [2.45, 2.75) is 18.1 Å². The average Bonchev–Trinajstić information content (AvgIpc) is 3.33. The molecule has 0 fully saturated rings. The highest BCUT2D eigenvalue weighted by molar-refractivity contribution is 9.10. The summed E-state index contributed by atoms with van der Waals surface area (Å²) in [5.74, 6) is 0.728. The molecule has 150 valence electrons. The van der Waals surface area contributed by atoms with Crippen LogP contribution in [-0.4, -0.2) is 34.4 Å². The van der Waals surface area contributed by atoms with E-state index in [-0.39, 0.29) is 11.2 Å². The normalized spacial score (nSPS) is 11.4. The lowest BCUT2D eigenvalue weighted by molar-refractivity contribution is 0.594. The Morgan fingerprint density at radius 3 is 2.66 bits per heavy atom. The van der Waals surface area contributed by atoms with Crippen molar-refractivity contribution in [2.24, 2.45) is 14.1 Å². The Morgan fingerprint density at radius 2 is 1.90 bits per heavy atom. The fourth-order valence-electron chi connectivity index (χ4n) is 3.14. The van der Waals surface area contributed by atoms with Crippen LogP contribution in [0.15, 0.2) is 56.0 Å². The number of halogens is 1. The van der Waals surface area contributed by atoms with Gasteiger partial charge in [-0.05, 0) is 24.1 Å². The monoisotopic (exact) mass is 474 g/mol. The molecular weight excluding hydrogens is 456 g/mol. The van der Waals surface area contributed by atoms with Gasteiger partial charge >= 0.3 is 5.69 Å². The Labute approximate surface area is 178 Å². The van der Waals surface area contributed by atoms with Crippen LogP contribution in [-0.2, 0) is 20.6 Å². The fraction of sp³-hybridized carbons (Fsp3) is 0.263. The van der Waals surface area contributed by atoms with Crippen molar-refractivity contribution < 1.29 is 0 Å². The molecule has 0 saturated carbocycles. The largest absolute Gasteiger partial charge is 0.333 e. The lowest BCUT2D eigenvalue weighted by Gasteiger charge is -2.08. The van der Waals surface area contributed by atoms with Gasteiger partial charge in [0, 0.05) is 30.9 Å². The van der Waals surface area contributed by atoms with E-state index < -0.39 is 0 Å². The third kappa shape index (κ3) is 3.82. The number of nitrogens with one attached hydrogen (secondary N) is 1. The van der Waals surface area contributed by atoms with E-state index in [9.17, 15) is 9.59 Å². The number of rotatable bonds is 6. The van der Waals surface area contributed by atoms with Crippen LogP contribution in [0.25, 0.3) is 22.4 Å². The van der Waals surface area contributed by atoms with Crippen molar-refractivity contribution in [3.05, 3.63) is 62.1 Å². The lowest BCUT2D eigenvalue weighted by atomic mass is 10.2. The number of aromatic nitrogens is 6. The minimum absolute atomic E-state index is 0.302. The van der Waals surface area contributed by atoms with Crippen LogP contribution in [0.4, 0.5) is 0 Å². The predicted octanol–water partition coefficient (Wildman–Crippen LogP) is 2.77. The molecule has 3 heterocycles. The van der Waals surface area contributed by atoms with Gasteiger partial charge in [-0.1, -0.05) is 39.8 Å².